The van der Waals surface area contributed by atoms with Crippen molar-refractivity contribution in [1.29, 1.82) is 0 Å². The smallest absolute Gasteiger partial charge is 0.329 e. The molecule has 0 aliphatic heterocycles. The van der Waals surface area contributed by atoms with Gasteiger partial charge in [0.15, 0.2) is 6.10 Å². The van der Waals surface area contributed by atoms with Crippen molar-refractivity contribution in [1.82, 2.24) is 5.32 Å². The third kappa shape index (κ3) is 6.53. The molecular formula is C21H31NO4Si. The summed E-state index contributed by atoms with van der Waals surface area (Å²) in [6.07, 6.45) is -0.595. The number of benzene rings is 1. The Hall–Kier alpha value is -2.10. The fourth-order valence-electron chi connectivity index (χ4n) is 2.17. The van der Waals surface area contributed by atoms with Crippen LogP contribution in [0.2, 0.25) is 18.1 Å². The molecule has 0 saturated carbocycles. The molecule has 6 heteroatoms. The van der Waals surface area contributed by atoms with Crippen LogP contribution in [0.25, 0.3) is 0 Å². The van der Waals surface area contributed by atoms with Gasteiger partial charge in [-0.2, -0.15) is 0 Å². The highest BCUT2D eigenvalue weighted by Crippen LogP contribution is 2.35. The minimum absolute atomic E-state index is 0.123. The monoisotopic (exact) mass is 389 g/mol. The molecular weight excluding hydrogens is 358 g/mol. The summed E-state index contributed by atoms with van der Waals surface area (Å²) in [5, 5.41) is 2.84. The normalized spacial score (nSPS) is 13.7. The Labute approximate surface area is 163 Å². The summed E-state index contributed by atoms with van der Waals surface area (Å²) in [4.78, 5) is 24.8. The molecule has 0 fully saturated rings. The van der Waals surface area contributed by atoms with Gasteiger partial charge in [-0.1, -0.05) is 64.2 Å². The number of rotatable bonds is 6. The van der Waals surface area contributed by atoms with Crippen molar-refractivity contribution >= 4 is 20.0 Å². The lowest BCUT2D eigenvalue weighted by Gasteiger charge is -2.31. The van der Waals surface area contributed by atoms with Crippen molar-refractivity contribution in [2.45, 2.75) is 57.5 Å². The van der Waals surface area contributed by atoms with Crippen molar-refractivity contribution in [3.8, 4) is 11.5 Å². The van der Waals surface area contributed by atoms with Gasteiger partial charge in [0.1, 0.15) is 14.1 Å². The molecule has 0 unspecified atom stereocenters. The van der Waals surface area contributed by atoms with E-state index in [1.54, 1.807) is 12.1 Å². The van der Waals surface area contributed by atoms with Gasteiger partial charge in [0.05, 0.1) is 7.11 Å². The van der Waals surface area contributed by atoms with Crippen LogP contribution in [0.4, 0.5) is 0 Å². The van der Waals surface area contributed by atoms with Crippen LogP contribution in [-0.4, -0.2) is 40.2 Å². The fourth-order valence-corrected chi connectivity index (χ4v) is 3.09. The zero-order valence-corrected chi connectivity index (χ0v) is 18.4. The lowest BCUT2D eigenvalue weighted by atomic mass is 10.1. The number of ether oxygens (including phenoxy) is 2. The Kier molecular flexibility index (Phi) is 8.26. The largest absolute Gasteiger partial charge is 0.467 e. The Morgan fingerprint density at radius 3 is 2.22 bits per heavy atom. The van der Waals surface area contributed by atoms with Crippen molar-refractivity contribution < 1.29 is 19.1 Å². The predicted molar refractivity (Wildman–Crippen MR) is 110 cm³/mol. The van der Waals surface area contributed by atoms with Gasteiger partial charge in [0, 0.05) is 13.5 Å². The number of nitrogens with one attached hydrogen (secondary N) is 1. The van der Waals surface area contributed by atoms with E-state index < -0.39 is 32.1 Å². The molecule has 0 radical (unpaired) electrons. The number of carbonyl (C=O) groups is 2. The van der Waals surface area contributed by atoms with E-state index in [0.717, 1.165) is 0 Å². The van der Waals surface area contributed by atoms with Gasteiger partial charge >= 0.3 is 5.97 Å². The van der Waals surface area contributed by atoms with Crippen LogP contribution in [0.3, 0.4) is 0 Å². The fraction of sp³-hybridized carbons (Fsp3) is 0.524. The topological polar surface area (TPSA) is 64.6 Å². The molecule has 0 heterocycles. The van der Waals surface area contributed by atoms with Gasteiger partial charge < -0.3 is 14.8 Å². The molecule has 1 rings (SSSR count). The van der Waals surface area contributed by atoms with E-state index in [2.05, 4.69) is 50.6 Å². The second kappa shape index (κ2) is 9.72. The van der Waals surface area contributed by atoms with Crippen molar-refractivity contribution in [3.63, 3.8) is 0 Å². The second-order valence-corrected chi connectivity index (χ2v) is 13.0. The zero-order chi connectivity index (χ0) is 20.7. The Balaban J connectivity index is 2.93. The van der Waals surface area contributed by atoms with E-state index in [4.69, 9.17) is 9.47 Å². The van der Waals surface area contributed by atoms with Crippen LogP contribution in [0, 0.1) is 11.5 Å². The van der Waals surface area contributed by atoms with E-state index in [-0.39, 0.29) is 11.5 Å². The minimum Gasteiger partial charge on any atom is -0.467 e. The van der Waals surface area contributed by atoms with Gasteiger partial charge in [-0.3, -0.25) is 4.79 Å². The van der Waals surface area contributed by atoms with Gasteiger partial charge in [-0.25, -0.2) is 4.79 Å². The van der Waals surface area contributed by atoms with E-state index in [0.29, 0.717) is 5.56 Å². The third-order valence-electron chi connectivity index (χ3n) is 4.96. The molecule has 1 aromatic carbocycles. The van der Waals surface area contributed by atoms with Crippen LogP contribution >= 0.6 is 0 Å². The van der Waals surface area contributed by atoms with E-state index in [1.165, 1.54) is 14.2 Å². The SMILES string of the molecule is COC(=O)[C@H](CC#C[Si](C)(C)C(C)(C)C)NC(=O)[C@H](OC)c1ccccc1. The molecule has 0 saturated heterocycles. The van der Waals surface area contributed by atoms with Crippen molar-refractivity contribution in [3.05, 3.63) is 35.9 Å². The molecule has 1 aromatic rings. The molecule has 2 atom stereocenters. The first-order chi connectivity index (χ1) is 12.5. The first kappa shape index (κ1) is 22.9. The maximum atomic E-state index is 12.6. The molecule has 0 aromatic heterocycles. The molecule has 5 nitrogen and oxygen atoms in total. The molecule has 0 aliphatic rings. The first-order valence-corrected chi connectivity index (χ1v) is 12.0. The summed E-state index contributed by atoms with van der Waals surface area (Å²) < 4.78 is 10.2. The van der Waals surface area contributed by atoms with E-state index in [1.807, 2.05) is 18.2 Å². The number of carbonyl (C=O) groups excluding carboxylic acids is 2. The van der Waals surface area contributed by atoms with Gasteiger partial charge in [0.2, 0.25) is 0 Å². The second-order valence-electron chi connectivity index (χ2n) is 7.99. The minimum atomic E-state index is -1.79. The van der Waals surface area contributed by atoms with E-state index in [9.17, 15) is 9.59 Å². The maximum Gasteiger partial charge on any atom is 0.329 e. The summed E-state index contributed by atoms with van der Waals surface area (Å²) in [5.74, 6) is 2.19. The number of hydrogen-bond acceptors (Lipinski definition) is 4. The van der Waals surface area contributed by atoms with Crippen LogP contribution in [0.15, 0.2) is 30.3 Å². The van der Waals surface area contributed by atoms with Crippen molar-refractivity contribution in [2.24, 2.45) is 0 Å². The van der Waals surface area contributed by atoms with Crippen molar-refractivity contribution in [2.75, 3.05) is 14.2 Å². The summed E-state index contributed by atoms with van der Waals surface area (Å²) >= 11 is 0. The predicted octanol–water partition coefficient (Wildman–Crippen LogP) is 3.47. The molecule has 27 heavy (non-hydrogen) atoms. The highest BCUT2D eigenvalue weighted by molar-refractivity contribution is 6.87. The molecule has 0 bridgehead atoms. The summed E-state index contributed by atoms with van der Waals surface area (Å²) in [6, 6.07) is 8.30. The van der Waals surface area contributed by atoms with Gasteiger partial charge in [-0.05, 0) is 10.6 Å². The summed E-state index contributed by atoms with van der Waals surface area (Å²) in [5.41, 5.74) is 4.07. The average molecular weight is 390 g/mol. The highest BCUT2D eigenvalue weighted by Gasteiger charge is 2.34. The molecule has 0 aliphatic carbocycles. The number of methoxy groups -OCH3 is 2. The standard InChI is InChI=1S/C21H31NO4Si/c1-21(2,3)27(6,7)15-11-14-17(20(24)26-5)22-19(23)18(25-4)16-12-9-8-10-13-16/h8-10,12-13,17-18H,14H2,1-7H3,(H,22,23)/t17-,18+/m0/s1. The van der Waals surface area contributed by atoms with Crippen LogP contribution < -0.4 is 5.32 Å². The molecule has 0 spiro atoms. The highest BCUT2D eigenvalue weighted by atomic mass is 28.3. The molecule has 1 amide bonds. The number of hydrogen-bond donors (Lipinski definition) is 1. The zero-order valence-electron chi connectivity index (χ0n) is 17.4. The van der Waals surface area contributed by atoms with Gasteiger partial charge in [-0.15, -0.1) is 11.5 Å². The molecule has 148 valence electrons. The Bertz CT molecular complexity index is 698. The lowest BCUT2D eigenvalue weighted by molar-refractivity contribution is -0.146. The molecule has 1 N–H and O–H groups in total. The number of esters is 1. The van der Waals surface area contributed by atoms with E-state index >= 15 is 0 Å². The summed E-state index contributed by atoms with van der Waals surface area (Å²) in [7, 11) is 0.971. The third-order valence-corrected chi connectivity index (χ3v) is 9.51. The van der Waals surface area contributed by atoms with Gasteiger partial charge in [0.25, 0.3) is 5.91 Å². The Morgan fingerprint density at radius 2 is 1.74 bits per heavy atom. The maximum absolute atomic E-state index is 12.6. The van der Waals surface area contributed by atoms with Crippen LogP contribution in [-0.2, 0) is 19.1 Å². The lowest BCUT2D eigenvalue weighted by Crippen LogP contribution is -2.44. The van der Waals surface area contributed by atoms with Crippen LogP contribution in [0.5, 0.6) is 0 Å². The first-order valence-electron chi connectivity index (χ1n) is 8.99. The quantitative estimate of drug-likeness (QED) is 0.460. The van der Waals surface area contributed by atoms with Crippen LogP contribution in [0.1, 0.15) is 38.9 Å². The summed E-state index contributed by atoms with van der Waals surface area (Å²) in [6.45, 7) is 10.9. The Morgan fingerprint density at radius 1 is 1.15 bits per heavy atom. The average Bonchev–Trinajstić information content (AvgIpc) is 2.60. The number of amides is 1.